The van der Waals surface area contributed by atoms with Crippen molar-refractivity contribution in [3.05, 3.63) is 35.1 Å². The van der Waals surface area contributed by atoms with Gasteiger partial charge in [-0.05, 0) is 25.1 Å². The zero-order valence-corrected chi connectivity index (χ0v) is 12.4. The molecule has 0 fully saturated rings. The highest BCUT2D eigenvalue weighted by atomic mass is 35.5. The molecule has 0 aliphatic heterocycles. The molecule has 2 aromatic heterocycles. The van der Waals surface area contributed by atoms with Crippen molar-refractivity contribution in [1.82, 2.24) is 15.0 Å². The first-order chi connectivity index (χ1) is 9.36. The van der Waals surface area contributed by atoms with Crippen LogP contribution in [0.3, 0.4) is 0 Å². The number of benzene rings is 1. The smallest absolute Gasteiger partial charge is 0.262 e. The number of rotatable bonds is 2. The van der Waals surface area contributed by atoms with Crippen LogP contribution in [0, 0.1) is 6.92 Å². The van der Waals surface area contributed by atoms with E-state index in [9.17, 15) is 8.42 Å². The van der Waals surface area contributed by atoms with Gasteiger partial charge in [-0.1, -0.05) is 11.6 Å². The number of hydrogen-bond acceptors (Lipinski definition) is 3. The first-order valence-corrected chi connectivity index (χ1v) is 8.16. The molecule has 0 bridgehead atoms. The van der Waals surface area contributed by atoms with Crippen LogP contribution in [0.15, 0.2) is 29.3 Å². The van der Waals surface area contributed by atoms with Crippen LogP contribution in [-0.2, 0) is 9.69 Å². The van der Waals surface area contributed by atoms with E-state index < -0.39 is 9.69 Å². The Morgan fingerprint density at radius 3 is 2.65 bits per heavy atom. The summed E-state index contributed by atoms with van der Waals surface area (Å²) in [4.78, 5) is 10.5. The zero-order chi connectivity index (χ0) is 14.5. The van der Waals surface area contributed by atoms with Gasteiger partial charge < -0.3 is 9.97 Å². The average molecular weight is 308 g/mol. The Balaban J connectivity index is 2.43. The summed E-state index contributed by atoms with van der Waals surface area (Å²) in [5.74, 6) is 0.496. The molecule has 2 N–H and O–H groups in total. The SMILES string of the molecule is BS(=O)(=O)c1c(-c2ncc(C)[nH]2)[nH]c2ccc(Cl)cc12. The van der Waals surface area contributed by atoms with Crippen molar-refractivity contribution in [3.8, 4) is 11.5 Å². The van der Waals surface area contributed by atoms with Gasteiger partial charge >= 0.3 is 0 Å². The topological polar surface area (TPSA) is 78.6 Å². The summed E-state index contributed by atoms with van der Waals surface area (Å²) >= 11 is 5.97. The van der Waals surface area contributed by atoms with Crippen LogP contribution in [-0.4, -0.2) is 30.5 Å². The fourth-order valence-electron chi connectivity index (χ4n) is 2.23. The summed E-state index contributed by atoms with van der Waals surface area (Å²) < 4.78 is 24.2. The van der Waals surface area contributed by atoms with Gasteiger partial charge in [0.1, 0.15) is 15.4 Å². The van der Waals surface area contributed by atoms with Gasteiger partial charge in [-0.3, -0.25) is 0 Å². The standard InChI is InChI=1S/C12H11BClN3O2S/c1-6-5-15-12(16-6)10-11(20(13,18)19)8-4-7(14)2-3-9(8)17-10/h2-5,17H,13H2,1H3,(H,15,16). The van der Waals surface area contributed by atoms with Crippen molar-refractivity contribution in [2.75, 3.05) is 0 Å². The van der Waals surface area contributed by atoms with E-state index in [2.05, 4.69) is 15.0 Å². The zero-order valence-electron chi connectivity index (χ0n) is 10.9. The molecule has 5 nitrogen and oxygen atoms in total. The van der Waals surface area contributed by atoms with E-state index >= 15 is 0 Å². The number of imidazole rings is 1. The monoisotopic (exact) mass is 307 g/mol. The predicted molar refractivity (Wildman–Crippen MR) is 81.4 cm³/mol. The largest absolute Gasteiger partial charge is 0.351 e. The maximum atomic E-state index is 12.1. The Hall–Kier alpha value is -1.73. The minimum atomic E-state index is -3.42. The Morgan fingerprint density at radius 1 is 1.30 bits per heavy atom. The summed E-state index contributed by atoms with van der Waals surface area (Å²) in [5.41, 5.74) is 2.02. The summed E-state index contributed by atoms with van der Waals surface area (Å²) in [6, 6.07) is 5.11. The van der Waals surface area contributed by atoms with Crippen LogP contribution in [0.1, 0.15) is 5.69 Å². The Morgan fingerprint density at radius 2 is 2.05 bits per heavy atom. The second-order valence-corrected chi connectivity index (χ2v) is 7.10. The fourth-order valence-corrected chi connectivity index (χ4v) is 3.49. The lowest BCUT2D eigenvalue weighted by molar-refractivity contribution is 0.610. The van der Waals surface area contributed by atoms with Crippen LogP contribution >= 0.6 is 11.6 Å². The third kappa shape index (κ3) is 2.12. The number of aryl methyl sites for hydroxylation is 1. The molecule has 3 rings (SSSR count). The van der Waals surface area contributed by atoms with Crippen molar-refractivity contribution in [2.24, 2.45) is 0 Å². The lowest BCUT2D eigenvalue weighted by atomic mass is 10.2. The van der Waals surface area contributed by atoms with Gasteiger partial charge in [0, 0.05) is 27.8 Å². The van der Waals surface area contributed by atoms with Gasteiger partial charge in [0.05, 0.1) is 4.90 Å². The van der Waals surface area contributed by atoms with E-state index in [1.54, 1.807) is 24.4 Å². The minimum absolute atomic E-state index is 0.212. The molecule has 20 heavy (non-hydrogen) atoms. The molecule has 0 unspecified atom stereocenters. The van der Waals surface area contributed by atoms with Gasteiger partial charge in [0.25, 0.3) is 7.12 Å². The van der Waals surface area contributed by atoms with Crippen LogP contribution in [0.25, 0.3) is 22.4 Å². The molecule has 3 aromatic rings. The third-order valence-corrected chi connectivity index (χ3v) is 4.42. The van der Waals surface area contributed by atoms with Crippen molar-refractivity contribution in [2.45, 2.75) is 11.8 Å². The molecule has 0 aliphatic carbocycles. The molecule has 2 heterocycles. The number of halogens is 1. The number of nitrogens with one attached hydrogen (secondary N) is 2. The fraction of sp³-hybridized carbons (Fsp3) is 0.0833. The molecule has 0 aliphatic rings. The molecule has 0 atom stereocenters. The summed E-state index contributed by atoms with van der Waals surface area (Å²) in [6.45, 7) is 1.86. The predicted octanol–water partition coefficient (Wildman–Crippen LogP) is 1.84. The minimum Gasteiger partial charge on any atom is -0.351 e. The van der Waals surface area contributed by atoms with E-state index in [0.29, 0.717) is 27.4 Å². The number of nitrogens with zero attached hydrogens (tertiary/aromatic N) is 1. The molecule has 8 heteroatoms. The number of fused-ring (bicyclic) bond motifs is 1. The first-order valence-electron chi connectivity index (χ1n) is 5.89. The van der Waals surface area contributed by atoms with Crippen LogP contribution in [0.4, 0.5) is 0 Å². The Bertz CT molecular complexity index is 914. The third-order valence-electron chi connectivity index (χ3n) is 3.02. The molecule has 0 spiro atoms. The highest BCUT2D eigenvalue weighted by molar-refractivity contribution is 8.12. The van der Waals surface area contributed by atoms with E-state index in [4.69, 9.17) is 11.6 Å². The molecule has 0 saturated carbocycles. The number of aromatic nitrogens is 3. The maximum absolute atomic E-state index is 12.1. The first kappa shape index (κ1) is 13.3. The second kappa shape index (κ2) is 4.39. The lowest BCUT2D eigenvalue weighted by Crippen LogP contribution is -2.01. The highest BCUT2D eigenvalue weighted by Crippen LogP contribution is 2.33. The second-order valence-electron chi connectivity index (χ2n) is 4.71. The number of hydrogen-bond donors (Lipinski definition) is 2. The average Bonchev–Trinajstić information content (AvgIpc) is 2.90. The molecule has 0 radical (unpaired) electrons. The van der Waals surface area contributed by atoms with E-state index in [-0.39, 0.29) is 4.90 Å². The maximum Gasteiger partial charge on any atom is 0.262 e. The highest BCUT2D eigenvalue weighted by Gasteiger charge is 2.22. The van der Waals surface area contributed by atoms with Crippen molar-refractivity contribution >= 4 is 39.3 Å². The van der Waals surface area contributed by atoms with Gasteiger partial charge in [0.2, 0.25) is 0 Å². The Kier molecular flexibility index (Phi) is 2.91. The van der Waals surface area contributed by atoms with Gasteiger partial charge in [-0.25, -0.2) is 13.4 Å². The molecular formula is C12H11BClN3O2S. The van der Waals surface area contributed by atoms with Crippen molar-refractivity contribution < 1.29 is 8.42 Å². The summed E-state index contributed by atoms with van der Waals surface area (Å²) in [6.07, 6.45) is 1.65. The van der Waals surface area contributed by atoms with E-state index in [0.717, 1.165) is 5.69 Å². The normalized spacial score (nSPS) is 12.1. The van der Waals surface area contributed by atoms with E-state index in [1.807, 2.05) is 6.92 Å². The number of aromatic amines is 2. The number of H-pyrrole nitrogens is 2. The Labute approximate surface area is 121 Å². The van der Waals surface area contributed by atoms with Crippen LogP contribution in [0.5, 0.6) is 0 Å². The van der Waals surface area contributed by atoms with Gasteiger partial charge in [0.15, 0.2) is 5.82 Å². The quantitative estimate of drug-likeness (QED) is 0.709. The molecule has 0 saturated heterocycles. The summed E-state index contributed by atoms with van der Waals surface area (Å²) in [5, 5.41) is 1.06. The van der Waals surface area contributed by atoms with Gasteiger partial charge in [-0.2, -0.15) is 0 Å². The summed E-state index contributed by atoms with van der Waals surface area (Å²) in [7, 11) is -2.25. The van der Waals surface area contributed by atoms with Crippen LogP contribution in [0.2, 0.25) is 5.02 Å². The van der Waals surface area contributed by atoms with Crippen molar-refractivity contribution in [1.29, 1.82) is 0 Å². The molecule has 102 valence electrons. The van der Waals surface area contributed by atoms with Gasteiger partial charge in [-0.15, -0.1) is 0 Å². The molecule has 0 amide bonds. The van der Waals surface area contributed by atoms with Crippen LogP contribution < -0.4 is 0 Å². The van der Waals surface area contributed by atoms with E-state index in [1.165, 1.54) is 7.12 Å². The lowest BCUT2D eigenvalue weighted by Gasteiger charge is -2.00. The molecule has 1 aromatic carbocycles. The van der Waals surface area contributed by atoms with Crippen molar-refractivity contribution in [3.63, 3.8) is 0 Å². The molecular weight excluding hydrogens is 296 g/mol.